The van der Waals surface area contributed by atoms with Crippen LogP contribution in [0.25, 0.3) is 0 Å². The van der Waals surface area contributed by atoms with Gasteiger partial charge >= 0.3 is 0 Å². The van der Waals surface area contributed by atoms with Crippen molar-refractivity contribution in [2.45, 2.75) is 13.8 Å². The Hall–Kier alpha value is -1.68. The lowest BCUT2D eigenvalue weighted by molar-refractivity contribution is -0.122. The van der Waals surface area contributed by atoms with Crippen LogP contribution in [0.4, 0.5) is 0 Å². The van der Waals surface area contributed by atoms with Gasteiger partial charge in [0.25, 0.3) is 0 Å². The first-order valence-electron chi connectivity index (χ1n) is 5.44. The molecule has 0 aromatic heterocycles. The minimum absolute atomic E-state index is 0.0113. The second-order valence-electron chi connectivity index (χ2n) is 4.24. The predicted octanol–water partition coefficient (Wildman–Crippen LogP) is 1.59. The zero-order valence-electron chi connectivity index (χ0n) is 10.4. The summed E-state index contributed by atoms with van der Waals surface area (Å²) in [7, 11) is 1.46. The molecule has 1 aromatic rings. The molecule has 4 heteroatoms. The highest BCUT2D eigenvalue weighted by Gasteiger charge is 2.33. The number of Topliss-reactive ketones (excluding diaryl/α,β-unsaturated/α-hetero) is 1. The molecule has 0 fully saturated rings. The van der Waals surface area contributed by atoms with E-state index in [-0.39, 0.29) is 12.3 Å². The summed E-state index contributed by atoms with van der Waals surface area (Å²) in [5.41, 5.74) is 6.12. The average Bonchev–Trinajstić information content (AvgIpc) is 2.35. The molecular formula is C13H18N2O2. The Labute approximate surface area is 101 Å². The zero-order chi connectivity index (χ0) is 12.9. The molecule has 0 unspecified atom stereocenters. The normalized spacial score (nSPS) is 12.4. The molecular weight excluding hydrogens is 216 g/mol. The number of hydrogen-bond donors (Lipinski definition) is 1. The van der Waals surface area contributed by atoms with E-state index in [4.69, 9.17) is 10.6 Å². The average molecular weight is 234 g/mol. The standard InChI is InChI=1S/C13H18N2O2/c1-13(2,11(16)9-14)12(15-17-3)10-7-5-4-6-8-10/h4-8H,9,14H2,1-3H3. The van der Waals surface area contributed by atoms with Crippen LogP contribution in [0, 0.1) is 5.41 Å². The van der Waals surface area contributed by atoms with E-state index >= 15 is 0 Å². The fourth-order valence-corrected chi connectivity index (χ4v) is 1.60. The van der Waals surface area contributed by atoms with E-state index in [1.807, 2.05) is 30.3 Å². The number of oxime groups is 1. The smallest absolute Gasteiger partial charge is 0.158 e. The summed E-state index contributed by atoms with van der Waals surface area (Å²) in [4.78, 5) is 16.7. The number of hydrogen-bond acceptors (Lipinski definition) is 4. The highest BCUT2D eigenvalue weighted by atomic mass is 16.6. The van der Waals surface area contributed by atoms with E-state index in [1.54, 1.807) is 13.8 Å². The van der Waals surface area contributed by atoms with Gasteiger partial charge in [0.05, 0.1) is 17.7 Å². The summed E-state index contributed by atoms with van der Waals surface area (Å²) in [6.07, 6.45) is 0. The van der Waals surface area contributed by atoms with Gasteiger partial charge in [0.15, 0.2) is 5.78 Å². The van der Waals surface area contributed by atoms with Gasteiger partial charge in [-0.25, -0.2) is 0 Å². The molecule has 4 nitrogen and oxygen atoms in total. The van der Waals surface area contributed by atoms with Crippen LogP contribution in [0.15, 0.2) is 35.5 Å². The van der Waals surface area contributed by atoms with Gasteiger partial charge in [-0.15, -0.1) is 0 Å². The Morgan fingerprint density at radius 2 is 1.94 bits per heavy atom. The van der Waals surface area contributed by atoms with Crippen molar-refractivity contribution in [2.24, 2.45) is 16.3 Å². The van der Waals surface area contributed by atoms with Crippen LogP contribution in [0.1, 0.15) is 19.4 Å². The van der Waals surface area contributed by atoms with Crippen molar-refractivity contribution in [2.75, 3.05) is 13.7 Å². The number of nitrogens with two attached hydrogens (primary N) is 1. The largest absolute Gasteiger partial charge is 0.399 e. The van der Waals surface area contributed by atoms with Crippen LogP contribution in [0.5, 0.6) is 0 Å². The summed E-state index contributed by atoms with van der Waals surface area (Å²) < 4.78 is 0. The molecule has 2 N–H and O–H groups in total. The highest BCUT2D eigenvalue weighted by molar-refractivity contribution is 6.16. The SMILES string of the molecule is CON=C(c1ccccc1)C(C)(C)C(=O)CN. The van der Waals surface area contributed by atoms with E-state index in [1.165, 1.54) is 7.11 Å². The molecule has 0 aliphatic heterocycles. The van der Waals surface area contributed by atoms with Gasteiger partial charge in [-0.05, 0) is 13.8 Å². The molecule has 0 aliphatic rings. The molecule has 0 amide bonds. The van der Waals surface area contributed by atoms with Gasteiger partial charge in [0, 0.05) is 5.56 Å². The van der Waals surface area contributed by atoms with Crippen molar-refractivity contribution in [1.82, 2.24) is 0 Å². The van der Waals surface area contributed by atoms with Gasteiger partial charge in [-0.3, -0.25) is 4.79 Å². The molecule has 0 bridgehead atoms. The fraction of sp³-hybridized carbons (Fsp3) is 0.385. The Bertz CT molecular complexity index is 411. The van der Waals surface area contributed by atoms with Crippen molar-refractivity contribution in [3.63, 3.8) is 0 Å². The Kier molecular flexibility index (Phi) is 4.40. The first-order valence-corrected chi connectivity index (χ1v) is 5.44. The Balaban J connectivity index is 3.20. The third-order valence-corrected chi connectivity index (χ3v) is 2.70. The number of carbonyl (C=O) groups is 1. The summed E-state index contributed by atoms with van der Waals surface area (Å²) in [5, 5.41) is 3.98. The second kappa shape index (κ2) is 5.59. The summed E-state index contributed by atoms with van der Waals surface area (Å²) in [6, 6.07) is 9.48. The number of carbonyl (C=O) groups excluding carboxylic acids is 1. The van der Waals surface area contributed by atoms with Crippen LogP contribution < -0.4 is 5.73 Å². The third kappa shape index (κ3) is 2.91. The fourth-order valence-electron chi connectivity index (χ4n) is 1.60. The van der Waals surface area contributed by atoms with E-state index in [0.29, 0.717) is 5.71 Å². The number of ketones is 1. The molecule has 17 heavy (non-hydrogen) atoms. The van der Waals surface area contributed by atoms with Crippen molar-refractivity contribution in [3.05, 3.63) is 35.9 Å². The molecule has 0 saturated heterocycles. The van der Waals surface area contributed by atoms with E-state index in [2.05, 4.69) is 5.16 Å². The van der Waals surface area contributed by atoms with Crippen LogP contribution in [0.3, 0.4) is 0 Å². The molecule has 1 aromatic carbocycles. The second-order valence-corrected chi connectivity index (χ2v) is 4.24. The van der Waals surface area contributed by atoms with E-state index in [0.717, 1.165) is 5.56 Å². The maximum Gasteiger partial charge on any atom is 0.158 e. The van der Waals surface area contributed by atoms with E-state index < -0.39 is 5.41 Å². The third-order valence-electron chi connectivity index (χ3n) is 2.70. The van der Waals surface area contributed by atoms with Crippen LogP contribution in [0.2, 0.25) is 0 Å². The van der Waals surface area contributed by atoms with Crippen LogP contribution >= 0.6 is 0 Å². The summed E-state index contributed by atoms with van der Waals surface area (Å²) in [5.74, 6) is -0.0721. The minimum Gasteiger partial charge on any atom is -0.399 e. The van der Waals surface area contributed by atoms with Gasteiger partial charge in [-0.2, -0.15) is 0 Å². The summed E-state index contributed by atoms with van der Waals surface area (Å²) >= 11 is 0. The number of nitrogens with zero attached hydrogens (tertiary/aromatic N) is 1. The minimum atomic E-state index is -0.758. The Morgan fingerprint density at radius 3 is 2.41 bits per heavy atom. The van der Waals surface area contributed by atoms with Crippen molar-refractivity contribution >= 4 is 11.5 Å². The van der Waals surface area contributed by atoms with Crippen LogP contribution in [-0.4, -0.2) is 25.1 Å². The number of rotatable bonds is 5. The van der Waals surface area contributed by atoms with Crippen LogP contribution in [-0.2, 0) is 9.63 Å². The van der Waals surface area contributed by atoms with Crippen molar-refractivity contribution in [3.8, 4) is 0 Å². The first kappa shape index (κ1) is 13.4. The quantitative estimate of drug-likeness (QED) is 0.621. The first-order chi connectivity index (χ1) is 8.04. The maximum atomic E-state index is 11.9. The molecule has 0 atom stereocenters. The lowest BCUT2D eigenvalue weighted by atomic mass is 9.79. The number of benzene rings is 1. The van der Waals surface area contributed by atoms with Gasteiger partial charge < -0.3 is 10.6 Å². The monoisotopic (exact) mass is 234 g/mol. The molecule has 1 rings (SSSR count). The van der Waals surface area contributed by atoms with Gasteiger partial charge in [0.2, 0.25) is 0 Å². The van der Waals surface area contributed by atoms with Gasteiger partial charge in [0.1, 0.15) is 7.11 Å². The lowest BCUT2D eigenvalue weighted by Gasteiger charge is -2.24. The van der Waals surface area contributed by atoms with E-state index in [9.17, 15) is 4.79 Å². The summed E-state index contributed by atoms with van der Waals surface area (Å²) in [6.45, 7) is 3.59. The molecule has 0 aliphatic carbocycles. The van der Waals surface area contributed by atoms with Gasteiger partial charge in [-0.1, -0.05) is 35.5 Å². The molecule has 0 heterocycles. The Morgan fingerprint density at radius 1 is 1.35 bits per heavy atom. The maximum absolute atomic E-state index is 11.9. The lowest BCUT2D eigenvalue weighted by Crippen LogP contribution is -2.38. The zero-order valence-corrected chi connectivity index (χ0v) is 10.4. The predicted molar refractivity (Wildman–Crippen MR) is 67.8 cm³/mol. The molecule has 0 radical (unpaired) electrons. The topological polar surface area (TPSA) is 64.7 Å². The van der Waals surface area contributed by atoms with Crippen molar-refractivity contribution < 1.29 is 9.63 Å². The molecule has 0 spiro atoms. The highest BCUT2D eigenvalue weighted by Crippen LogP contribution is 2.24. The molecule has 92 valence electrons. The van der Waals surface area contributed by atoms with Crippen molar-refractivity contribution in [1.29, 1.82) is 0 Å². The molecule has 0 saturated carbocycles.